The third kappa shape index (κ3) is 6.14. The standard InChI is InChI=1S/C13H21NO3S/c1-12(14-18(15,16)11-10-17-2)8-9-13-6-4-3-5-7-13/h3-7,12,14H,8-11H2,1-2H3. The summed E-state index contributed by atoms with van der Waals surface area (Å²) in [6.45, 7) is 2.11. The average molecular weight is 271 g/mol. The van der Waals surface area contributed by atoms with E-state index in [0.717, 1.165) is 12.8 Å². The minimum atomic E-state index is -3.22. The number of benzene rings is 1. The normalized spacial score (nSPS) is 13.4. The summed E-state index contributed by atoms with van der Waals surface area (Å²) in [6.07, 6.45) is 1.66. The van der Waals surface area contributed by atoms with Crippen LogP contribution in [-0.2, 0) is 21.2 Å². The second-order valence-electron chi connectivity index (χ2n) is 4.35. The van der Waals surface area contributed by atoms with Gasteiger partial charge in [-0.05, 0) is 25.3 Å². The molecule has 1 rings (SSSR count). The van der Waals surface area contributed by atoms with Crippen molar-refractivity contribution in [3.05, 3.63) is 35.9 Å². The Bertz CT molecular complexity index is 431. The fraction of sp³-hybridized carbons (Fsp3) is 0.538. The highest BCUT2D eigenvalue weighted by molar-refractivity contribution is 7.89. The van der Waals surface area contributed by atoms with Gasteiger partial charge in [0.05, 0.1) is 12.4 Å². The van der Waals surface area contributed by atoms with Crippen molar-refractivity contribution in [3.63, 3.8) is 0 Å². The second-order valence-corrected chi connectivity index (χ2v) is 6.23. The molecule has 0 spiro atoms. The zero-order valence-electron chi connectivity index (χ0n) is 10.9. The van der Waals surface area contributed by atoms with E-state index in [9.17, 15) is 8.42 Å². The van der Waals surface area contributed by atoms with Crippen molar-refractivity contribution in [3.8, 4) is 0 Å². The number of aryl methyl sites for hydroxylation is 1. The van der Waals surface area contributed by atoms with Crippen LogP contribution >= 0.6 is 0 Å². The molecule has 1 atom stereocenters. The first kappa shape index (κ1) is 15.1. The first-order chi connectivity index (χ1) is 8.53. The molecular formula is C13H21NO3S. The van der Waals surface area contributed by atoms with Gasteiger partial charge >= 0.3 is 0 Å². The van der Waals surface area contributed by atoms with E-state index < -0.39 is 10.0 Å². The van der Waals surface area contributed by atoms with Crippen molar-refractivity contribution in [1.29, 1.82) is 0 Å². The number of rotatable bonds is 8. The van der Waals surface area contributed by atoms with Crippen LogP contribution in [0.15, 0.2) is 30.3 Å². The predicted molar refractivity (Wildman–Crippen MR) is 73.0 cm³/mol. The van der Waals surface area contributed by atoms with Crippen molar-refractivity contribution in [2.45, 2.75) is 25.8 Å². The molecule has 0 bridgehead atoms. The maximum Gasteiger partial charge on any atom is 0.214 e. The van der Waals surface area contributed by atoms with Gasteiger partial charge in [0, 0.05) is 13.2 Å². The summed E-state index contributed by atoms with van der Waals surface area (Å²) in [4.78, 5) is 0. The van der Waals surface area contributed by atoms with Crippen LogP contribution in [0.3, 0.4) is 0 Å². The minimum absolute atomic E-state index is 0.0131. The molecule has 1 aromatic carbocycles. The van der Waals surface area contributed by atoms with Crippen LogP contribution in [-0.4, -0.2) is 33.9 Å². The largest absolute Gasteiger partial charge is 0.384 e. The smallest absolute Gasteiger partial charge is 0.214 e. The summed E-state index contributed by atoms with van der Waals surface area (Å²) in [5.41, 5.74) is 1.22. The van der Waals surface area contributed by atoms with E-state index in [1.54, 1.807) is 0 Å². The van der Waals surface area contributed by atoms with Gasteiger partial charge in [0.1, 0.15) is 0 Å². The first-order valence-electron chi connectivity index (χ1n) is 6.06. The molecule has 0 saturated heterocycles. The lowest BCUT2D eigenvalue weighted by Gasteiger charge is -2.14. The number of hydrogen-bond acceptors (Lipinski definition) is 3. The number of hydrogen-bond donors (Lipinski definition) is 1. The van der Waals surface area contributed by atoms with Gasteiger partial charge in [-0.1, -0.05) is 30.3 Å². The number of nitrogens with one attached hydrogen (secondary N) is 1. The monoisotopic (exact) mass is 271 g/mol. The summed E-state index contributed by atoms with van der Waals surface area (Å²) < 4.78 is 30.7. The van der Waals surface area contributed by atoms with Gasteiger partial charge in [-0.3, -0.25) is 0 Å². The van der Waals surface area contributed by atoms with Crippen LogP contribution < -0.4 is 4.72 Å². The Hall–Kier alpha value is -0.910. The number of sulfonamides is 1. The zero-order valence-corrected chi connectivity index (χ0v) is 11.7. The Labute approximate surface area is 109 Å². The molecule has 0 radical (unpaired) electrons. The van der Waals surface area contributed by atoms with Crippen LogP contribution in [0.4, 0.5) is 0 Å². The van der Waals surface area contributed by atoms with Gasteiger partial charge in [-0.25, -0.2) is 13.1 Å². The summed E-state index contributed by atoms with van der Waals surface area (Å²) >= 11 is 0. The van der Waals surface area contributed by atoms with Gasteiger partial charge in [0.25, 0.3) is 0 Å². The minimum Gasteiger partial charge on any atom is -0.384 e. The SMILES string of the molecule is COCCS(=O)(=O)NC(C)CCc1ccccc1. The van der Waals surface area contributed by atoms with Crippen molar-refractivity contribution in [2.75, 3.05) is 19.5 Å². The van der Waals surface area contributed by atoms with Crippen LogP contribution in [0.1, 0.15) is 18.9 Å². The van der Waals surface area contributed by atoms with Gasteiger partial charge in [0.2, 0.25) is 10.0 Å². The number of ether oxygens (including phenoxy) is 1. The van der Waals surface area contributed by atoms with Crippen LogP contribution in [0.25, 0.3) is 0 Å². The van der Waals surface area contributed by atoms with E-state index >= 15 is 0 Å². The molecule has 1 N–H and O–H groups in total. The third-order valence-electron chi connectivity index (χ3n) is 2.65. The van der Waals surface area contributed by atoms with Crippen molar-refractivity contribution >= 4 is 10.0 Å². The molecule has 5 heteroatoms. The maximum atomic E-state index is 11.6. The van der Waals surface area contributed by atoms with Gasteiger partial charge in [-0.15, -0.1) is 0 Å². The highest BCUT2D eigenvalue weighted by Gasteiger charge is 2.13. The summed E-state index contributed by atoms with van der Waals surface area (Å²) in [5.74, 6) is 0.0131. The Morgan fingerprint density at radius 1 is 1.28 bits per heavy atom. The van der Waals surface area contributed by atoms with Crippen molar-refractivity contribution in [1.82, 2.24) is 4.72 Å². The van der Waals surface area contributed by atoms with E-state index in [1.165, 1.54) is 12.7 Å². The Morgan fingerprint density at radius 3 is 2.56 bits per heavy atom. The van der Waals surface area contributed by atoms with Gasteiger partial charge in [0.15, 0.2) is 0 Å². The molecule has 18 heavy (non-hydrogen) atoms. The van der Waals surface area contributed by atoms with E-state index in [-0.39, 0.29) is 18.4 Å². The molecule has 0 fully saturated rings. The lowest BCUT2D eigenvalue weighted by atomic mass is 10.1. The fourth-order valence-electron chi connectivity index (χ4n) is 1.65. The van der Waals surface area contributed by atoms with Crippen LogP contribution in [0.5, 0.6) is 0 Å². The molecule has 102 valence electrons. The highest BCUT2D eigenvalue weighted by atomic mass is 32.2. The van der Waals surface area contributed by atoms with Gasteiger partial charge < -0.3 is 4.74 Å². The Morgan fingerprint density at radius 2 is 1.94 bits per heavy atom. The van der Waals surface area contributed by atoms with Crippen LogP contribution in [0, 0.1) is 0 Å². The van der Waals surface area contributed by atoms with Crippen molar-refractivity contribution < 1.29 is 13.2 Å². The lowest BCUT2D eigenvalue weighted by Crippen LogP contribution is -2.35. The molecule has 0 aliphatic heterocycles. The Balaban J connectivity index is 2.35. The second kappa shape index (κ2) is 7.51. The molecule has 0 amide bonds. The molecule has 0 heterocycles. The summed E-state index contributed by atoms with van der Waals surface area (Å²) in [6, 6.07) is 9.98. The molecule has 1 aromatic rings. The van der Waals surface area contributed by atoms with Crippen molar-refractivity contribution in [2.24, 2.45) is 0 Å². The van der Waals surface area contributed by atoms with E-state index in [4.69, 9.17) is 4.74 Å². The maximum absolute atomic E-state index is 11.6. The fourth-order valence-corrected chi connectivity index (χ4v) is 2.88. The quantitative estimate of drug-likeness (QED) is 0.781. The summed E-state index contributed by atoms with van der Waals surface area (Å²) in [7, 11) is -1.73. The molecule has 4 nitrogen and oxygen atoms in total. The molecule has 1 unspecified atom stereocenters. The highest BCUT2D eigenvalue weighted by Crippen LogP contribution is 2.05. The molecular weight excluding hydrogens is 250 g/mol. The lowest BCUT2D eigenvalue weighted by molar-refractivity contribution is 0.216. The molecule has 0 aliphatic rings. The predicted octanol–water partition coefficient (Wildman–Crippen LogP) is 1.57. The van der Waals surface area contributed by atoms with Gasteiger partial charge in [-0.2, -0.15) is 0 Å². The topological polar surface area (TPSA) is 55.4 Å². The third-order valence-corrected chi connectivity index (χ3v) is 4.11. The van der Waals surface area contributed by atoms with E-state index in [0.29, 0.717) is 0 Å². The van der Waals surface area contributed by atoms with Crippen LogP contribution in [0.2, 0.25) is 0 Å². The first-order valence-corrected chi connectivity index (χ1v) is 7.71. The molecule has 0 aromatic heterocycles. The molecule has 0 aliphatic carbocycles. The Kier molecular flexibility index (Phi) is 6.32. The summed E-state index contributed by atoms with van der Waals surface area (Å²) in [5, 5.41) is 0. The average Bonchev–Trinajstić information content (AvgIpc) is 2.35. The van der Waals surface area contributed by atoms with E-state index in [1.807, 2.05) is 37.3 Å². The van der Waals surface area contributed by atoms with E-state index in [2.05, 4.69) is 4.72 Å². The number of methoxy groups -OCH3 is 1. The zero-order chi connectivity index (χ0) is 13.4. The molecule has 0 saturated carbocycles.